The van der Waals surface area contributed by atoms with Crippen LogP contribution >= 0.6 is 11.6 Å². The molecule has 7 heteroatoms. The van der Waals surface area contributed by atoms with Crippen molar-refractivity contribution < 1.29 is 14.7 Å². The maximum Gasteiger partial charge on any atom is 0.303 e. The molecule has 2 N–H and O–H groups in total. The summed E-state index contributed by atoms with van der Waals surface area (Å²) in [6.07, 6.45) is 3.14. The molecular formula is C16H18ClN3O3. The number of nitrogens with one attached hydrogen (secondary N) is 1. The largest absolute Gasteiger partial charge is 0.481 e. The van der Waals surface area contributed by atoms with Crippen molar-refractivity contribution in [3.8, 4) is 0 Å². The summed E-state index contributed by atoms with van der Waals surface area (Å²) in [6.45, 7) is 2.55. The third kappa shape index (κ3) is 5.10. The highest BCUT2D eigenvalue weighted by Gasteiger charge is 2.12. The predicted molar refractivity (Wildman–Crippen MR) is 86.5 cm³/mol. The summed E-state index contributed by atoms with van der Waals surface area (Å²) < 4.78 is 1.64. The van der Waals surface area contributed by atoms with Gasteiger partial charge in [-0.15, -0.1) is 0 Å². The Labute approximate surface area is 139 Å². The number of nitrogens with zero attached hydrogens (tertiary/aromatic N) is 2. The van der Waals surface area contributed by atoms with E-state index in [1.54, 1.807) is 23.9 Å². The molecule has 1 unspecified atom stereocenters. The summed E-state index contributed by atoms with van der Waals surface area (Å²) in [5, 5.41) is 16.2. The number of carbonyl (C=O) groups is 2. The number of carboxylic acids is 1. The van der Waals surface area contributed by atoms with E-state index in [4.69, 9.17) is 16.7 Å². The second kappa shape index (κ2) is 7.78. The Kier molecular flexibility index (Phi) is 5.76. The van der Waals surface area contributed by atoms with Gasteiger partial charge in [0.05, 0.1) is 18.3 Å². The molecule has 0 aliphatic rings. The molecule has 1 heterocycles. The zero-order chi connectivity index (χ0) is 16.8. The van der Waals surface area contributed by atoms with E-state index >= 15 is 0 Å². The molecule has 1 aromatic carbocycles. The molecular weight excluding hydrogens is 318 g/mol. The van der Waals surface area contributed by atoms with Crippen LogP contribution < -0.4 is 5.32 Å². The molecule has 0 radical (unpaired) electrons. The zero-order valence-electron chi connectivity index (χ0n) is 12.7. The maximum absolute atomic E-state index is 12.0. The zero-order valence-corrected chi connectivity index (χ0v) is 13.5. The fourth-order valence-corrected chi connectivity index (χ4v) is 2.30. The lowest BCUT2D eigenvalue weighted by Crippen LogP contribution is -2.29. The normalized spacial score (nSPS) is 11.9. The van der Waals surface area contributed by atoms with E-state index in [1.165, 1.54) is 6.20 Å². The van der Waals surface area contributed by atoms with Gasteiger partial charge in [0, 0.05) is 24.2 Å². The molecule has 1 atom stereocenters. The molecule has 0 aliphatic carbocycles. The van der Waals surface area contributed by atoms with E-state index in [9.17, 15) is 9.59 Å². The van der Waals surface area contributed by atoms with Gasteiger partial charge in [0.25, 0.3) is 5.91 Å². The van der Waals surface area contributed by atoms with Crippen molar-refractivity contribution in [2.45, 2.75) is 19.9 Å². The van der Waals surface area contributed by atoms with Gasteiger partial charge in [0.15, 0.2) is 0 Å². The first-order valence-electron chi connectivity index (χ1n) is 7.21. The first kappa shape index (κ1) is 17.0. The minimum atomic E-state index is -0.876. The van der Waals surface area contributed by atoms with E-state index in [-0.39, 0.29) is 18.2 Å². The van der Waals surface area contributed by atoms with Crippen LogP contribution in [-0.4, -0.2) is 33.3 Å². The number of amides is 1. The summed E-state index contributed by atoms with van der Waals surface area (Å²) in [4.78, 5) is 22.6. The minimum absolute atomic E-state index is 0.0199. The first-order chi connectivity index (χ1) is 11.0. The second-order valence-electron chi connectivity index (χ2n) is 5.43. The monoisotopic (exact) mass is 335 g/mol. The van der Waals surface area contributed by atoms with Crippen molar-refractivity contribution in [3.05, 3.63) is 52.8 Å². The van der Waals surface area contributed by atoms with Gasteiger partial charge in [-0.05, 0) is 17.5 Å². The Bertz CT molecular complexity index is 699. The van der Waals surface area contributed by atoms with Crippen LogP contribution in [0.25, 0.3) is 0 Å². The van der Waals surface area contributed by atoms with Crippen molar-refractivity contribution in [2.75, 3.05) is 6.54 Å². The highest BCUT2D eigenvalue weighted by molar-refractivity contribution is 6.31. The number of halogens is 1. The maximum atomic E-state index is 12.0. The Morgan fingerprint density at radius 1 is 1.39 bits per heavy atom. The van der Waals surface area contributed by atoms with Crippen molar-refractivity contribution in [1.82, 2.24) is 15.1 Å². The molecule has 2 aromatic rings. The summed E-state index contributed by atoms with van der Waals surface area (Å²) >= 11 is 6.10. The van der Waals surface area contributed by atoms with Gasteiger partial charge in [-0.25, -0.2) is 0 Å². The fourth-order valence-electron chi connectivity index (χ4n) is 2.11. The summed E-state index contributed by atoms with van der Waals surface area (Å²) in [5.41, 5.74) is 1.35. The molecule has 0 fully saturated rings. The molecule has 0 bridgehead atoms. The van der Waals surface area contributed by atoms with Crippen molar-refractivity contribution in [1.29, 1.82) is 0 Å². The Balaban J connectivity index is 1.92. The highest BCUT2D eigenvalue weighted by atomic mass is 35.5. The van der Waals surface area contributed by atoms with Crippen LogP contribution in [0.3, 0.4) is 0 Å². The number of benzene rings is 1. The average molecular weight is 336 g/mol. The lowest BCUT2D eigenvalue weighted by molar-refractivity contribution is -0.137. The van der Waals surface area contributed by atoms with Gasteiger partial charge in [-0.1, -0.05) is 36.7 Å². The van der Waals surface area contributed by atoms with E-state index < -0.39 is 5.97 Å². The Morgan fingerprint density at radius 2 is 2.13 bits per heavy atom. The molecule has 2 rings (SSSR count). The smallest absolute Gasteiger partial charge is 0.303 e. The number of rotatable bonds is 7. The van der Waals surface area contributed by atoms with Gasteiger partial charge in [-0.3, -0.25) is 14.3 Å². The van der Waals surface area contributed by atoms with E-state index in [1.807, 2.05) is 18.2 Å². The fraction of sp³-hybridized carbons (Fsp3) is 0.312. The first-order valence-corrected chi connectivity index (χ1v) is 7.59. The number of carboxylic acid groups (broad SMARTS) is 1. The molecule has 1 aromatic heterocycles. The van der Waals surface area contributed by atoms with Crippen LogP contribution in [0.1, 0.15) is 29.3 Å². The van der Waals surface area contributed by atoms with Crippen LogP contribution in [0.2, 0.25) is 5.02 Å². The van der Waals surface area contributed by atoms with Gasteiger partial charge >= 0.3 is 5.97 Å². The quantitative estimate of drug-likeness (QED) is 0.814. The molecule has 0 saturated heterocycles. The van der Waals surface area contributed by atoms with Crippen LogP contribution in [-0.2, 0) is 11.3 Å². The topological polar surface area (TPSA) is 84.2 Å². The van der Waals surface area contributed by atoms with Crippen LogP contribution in [0.5, 0.6) is 0 Å². The highest BCUT2D eigenvalue weighted by Crippen LogP contribution is 2.16. The Hall–Kier alpha value is -2.34. The SMILES string of the molecule is CC(CNC(=O)c1cnn(Cc2ccccc2Cl)c1)CC(=O)O. The van der Waals surface area contributed by atoms with Crippen molar-refractivity contribution >= 4 is 23.5 Å². The standard InChI is InChI=1S/C16H18ClN3O3/c1-11(6-15(21)22)7-18-16(23)13-8-19-20(10-13)9-12-4-2-3-5-14(12)17/h2-5,8,10-11H,6-7,9H2,1H3,(H,18,23)(H,21,22). The number of aliphatic carboxylic acids is 1. The average Bonchev–Trinajstić information content (AvgIpc) is 2.95. The molecule has 0 saturated carbocycles. The number of hydrogen-bond acceptors (Lipinski definition) is 3. The molecule has 0 spiro atoms. The number of aromatic nitrogens is 2. The van der Waals surface area contributed by atoms with Gasteiger partial charge in [0.2, 0.25) is 0 Å². The van der Waals surface area contributed by atoms with Crippen LogP contribution in [0.4, 0.5) is 0 Å². The van der Waals surface area contributed by atoms with E-state index in [2.05, 4.69) is 10.4 Å². The van der Waals surface area contributed by atoms with Gasteiger partial charge in [-0.2, -0.15) is 5.10 Å². The summed E-state index contributed by atoms with van der Waals surface area (Å²) in [6, 6.07) is 7.45. The third-order valence-corrected chi connectivity index (χ3v) is 3.69. The number of carbonyl (C=O) groups excluding carboxylic acids is 1. The van der Waals surface area contributed by atoms with E-state index in [0.29, 0.717) is 23.7 Å². The lowest BCUT2D eigenvalue weighted by Gasteiger charge is -2.09. The molecule has 6 nitrogen and oxygen atoms in total. The molecule has 122 valence electrons. The molecule has 1 amide bonds. The van der Waals surface area contributed by atoms with Gasteiger partial charge in [0.1, 0.15) is 0 Å². The lowest BCUT2D eigenvalue weighted by atomic mass is 10.1. The summed E-state index contributed by atoms with van der Waals surface area (Å²) in [7, 11) is 0. The van der Waals surface area contributed by atoms with E-state index in [0.717, 1.165) is 5.56 Å². The van der Waals surface area contributed by atoms with Gasteiger partial charge < -0.3 is 10.4 Å². The third-order valence-electron chi connectivity index (χ3n) is 3.32. The minimum Gasteiger partial charge on any atom is -0.481 e. The van der Waals surface area contributed by atoms with Crippen LogP contribution in [0.15, 0.2) is 36.7 Å². The molecule has 23 heavy (non-hydrogen) atoms. The summed E-state index contributed by atoms with van der Waals surface area (Å²) in [5.74, 6) is -1.28. The Morgan fingerprint density at radius 3 is 2.83 bits per heavy atom. The van der Waals surface area contributed by atoms with Crippen molar-refractivity contribution in [3.63, 3.8) is 0 Å². The predicted octanol–water partition coefficient (Wildman–Crippen LogP) is 2.43. The van der Waals surface area contributed by atoms with Crippen LogP contribution in [0, 0.1) is 5.92 Å². The molecule has 0 aliphatic heterocycles. The second-order valence-corrected chi connectivity index (χ2v) is 5.84. The van der Waals surface area contributed by atoms with Crippen molar-refractivity contribution in [2.24, 2.45) is 5.92 Å². The number of hydrogen-bond donors (Lipinski definition) is 2.